The SMILES string of the molecule is Cc1cc(C)cc(N(F)C(=O)c2c(F)c(F)c(F)c(F)c2F)c1. The van der Waals surface area contributed by atoms with Crippen LogP contribution in [0.25, 0.3) is 0 Å². The molecule has 2 rings (SSSR count). The highest BCUT2D eigenvalue weighted by Gasteiger charge is 2.33. The van der Waals surface area contributed by atoms with Crippen LogP contribution in [-0.2, 0) is 0 Å². The van der Waals surface area contributed by atoms with Gasteiger partial charge in [-0.25, -0.2) is 22.0 Å². The van der Waals surface area contributed by atoms with E-state index < -0.39 is 51.4 Å². The molecule has 0 aromatic heterocycles. The highest BCUT2D eigenvalue weighted by molar-refractivity contribution is 6.05. The van der Waals surface area contributed by atoms with E-state index in [1.807, 2.05) is 0 Å². The Balaban J connectivity index is 2.57. The van der Waals surface area contributed by atoms with Crippen molar-refractivity contribution >= 4 is 11.6 Å². The number of hydrogen-bond acceptors (Lipinski definition) is 1. The van der Waals surface area contributed by atoms with Crippen molar-refractivity contribution in [1.82, 2.24) is 0 Å². The smallest absolute Gasteiger partial charge is 0.266 e. The van der Waals surface area contributed by atoms with Crippen LogP contribution in [0.1, 0.15) is 21.5 Å². The Morgan fingerprint density at radius 2 is 1.17 bits per heavy atom. The lowest BCUT2D eigenvalue weighted by Crippen LogP contribution is -2.26. The fraction of sp³-hybridized carbons (Fsp3) is 0.133. The molecule has 122 valence electrons. The van der Waals surface area contributed by atoms with Crippen LogP contribution in [0, 0.1) is 42.9 Å². The third-order valence-electron chi connectivity index (χ3n) is 3.04. The van der Waals surface area contributed by atoms with E-state index in [0.717, 1.165) is 0 Å². The molecule has 0 heterocycles. The van der Waals surface area contributed by atoms with E-state index in [9.17, 15) is 31.2 Å². The lowest BCUT2D eigenvalue weighted by atomic mass is 10.1. The molecular formula is C15H9F6NO. The second kappa shape index (κ2) is 5.94. The molecule has 0 N–H and O–H groups in total. The van der Waals surface area contributed by atoms with Crippen LogP contribution < -0.4 is 5.12 Å². The Hall–Kier alpha value is -2.51. The summed E-state index contributed by atoms with van der Waals surface area (Å²) in [4.78, 5) is 11.8. The first-order chi connectivity index (χ1) is 10.6. The van der Waals surface area contributed by atoms with E-state index in [-0.39, 0.29) is 0 Å². The molecule has 23 heavy (non-hydrogen) atoms. The van der Waals surface area contributed by atoms with E-state index >= 15 is 0 Å². The summed E-state index contributed by atoms with van der Waals surface area (Å²) in [6, 6.07) is 3.99. The summed E-state index contributed by atoms with van der Waals surface area (Å²) in [5, 5.41) is -0.668. The van der Waals surface area contributed by atoms with Gasteiger partial charge in [-0.15, -0.1) is 5.12 Å². The van der Waals surface area contributed by atoms with Gasteiger partial charge in [0.05, 0.1) is 5.69 Å². The summed E-state index contributed by atoms with van der Waals surface area (Å²) in [6.07, 6.45) is 0. The fourth-order valence-corrected chi connectivity index (χ4v) is 2.07. The van der Waals surface area contributed by atoms with Gasteiger partial charge in [-0.2, -0.15) is 0 Å². The number of amides is 1. The van der Waals surface area contributed by atoms with Crippen LogP contribution in [0.2, 0.25) is 0 Å². The summed E-state index contributed by atoms with van der Waals surface area (Å²) in [6.45, 7) is 3.15. The maximum absolute atomic E-state index is 14.1. The molecule has 0 saturated heterocycles. The van der Waals surface area contributed by atoms with Gasteiger partial charge in [0, 0.05) is 0 Å². The molecule has 2 aromatic carbocycles. The van der Waals surface area contributed by atoms with Crippen molar-refractivity contribution < 1.29 is 31.2 Å². The number of carbonyl (C=O) groups is 1. The van der Waals surface area contributed by atoms with Gasteiger partial charge in [-0.1, -0.05) is 10.5 Å². The van der Waals surface area contributed by atoms with Gasteiger partial charge in [-0.3, -0.25) is 4.79 Å². The summed E-state index contributed by atoms with van der Waals surface area (Å²) in [7, 11) is 0. The third kappa shape index (κ3) is 2.88. The lowest BCUT2D eigenvalue weighted by Gasteiger charge is -2.15. The first-order valence-corrected chi connectivity index (χ1v) is 6.25. The van der Waals surface area contributed by atoms with Gasteiger partial charge in [0.25, 0.3) is 5.91 Å². The monoisotopic (exact) mass is 333 g/mol. The van der Waals surface area contributed by atoms with Crippen LogP contribution in [0.15, 0.2) is 18.2 Å². The minimum absolute atomic E-state index is 0.392. The minimum Gasteiger partial charge on any atom is -0.266 e. The fourth-order valence-electron chi connectivity index (χ4n) is 2.07. The highest BCUT2D eigenvalue weighted by atomic mass is 19.2. The predicted octanol–water partition coefficient (Wildman–Crippen LogP) is 4.53. The van der Waals surface area contributed by atoms with E-state index in [1.165, 1.54) is 12.1 Å². The first-order valence-electron chi connectivity index (χ1n) is 6.25. The molecule has 2 aromatic rings. The molecule has 0 saturated carbocycles. The summed E-state index contributed by atoms with van der Waals surface area (Å²) >= 11 is 0. The summed E-state index contributed by atoms with van der Waals surface area (Å²) < 4.78 is 80.4. The van der Waals surface area contributed by atoms with Crippen molar-refractivity contribution in [1.29, 1.82) is 0 Å². The molecule has 0 atom stereocenters. The average Bonchev–Trinajstić information content (AvgIpc) is 2.49. The van der Waals surface area contributed by atoms with Gasteiger partial charge in [-0.05, 0) is 37.1 Å². The Morgan fingerprint density at radius 1 is 0.783 bits per heavy atom. The van der Waals surface area contributed by atoms with Gasteiger partial charge in [0.15, 0.2) is 23.3 Å². The number of hydrogen-bond donors (Lipinski definition) is 0. The van der Waals surface area contributed by atoms with Crippen LogP contribution >= 0.6 is 0 Å². The normalized spacial score (nSPS) is 10.8. The van der Waals surface area contributed by atoms with E-state index in [0.29, 0.717) is 11.1 Å². The van der Waals surface area contributed by atoms with Crippen LogP contribution in [0.4, 0.5) is 32.1 Å². The first kappa shape index (κ1) is 16.9. The molecule has 2 nitrogen and oxygen atoms in total. The number of nitrogens with zero attached hydrogens (tertiary/aromatic N) is 1. The van der Waals surface area contributed by atoms with Crippen molar-refractivity contribution in [2.45, 2.75) is 13.8 Å². The topological polar surface area (TPSA) is 20.3 Å². The second-order valence-electron chi connectivity index (χ2n) is 4.88. The number of carbonyl (C=O) groups excluding carboxylic acids is 1. The predicted molar refractivity (Wildman–Crippen MR) is 70.1 cm³/mol. The zero-order valence-corrected chi connectivity index (χ0v) is 11.9. The van der Waals surface area contributed by atoms with Gasteiger partial charge in [0.1, 0.15) is 5.56 Å². The van der Waals surface area contributed by atoms with Crippen LogP contribution in [0.5, 0.6) is 0 Å². The van der Waals surface area contributed by atoms with Gasteiger partial charge >= 0.3 is 0 Å². The molecule has 0 aliphatic heterocycles. The number of aryl methyl sites for hydroxylation is 2. The number of benzene rings is 2. The zero-order chi connectivity index (χ0) is 17.5. The molecule has 0 spiro atoms. The largest absolute Gasteiger partial charge is 0.292 e. The molecule has 0 aliphatic rings. The Bertz CT molecular complexity index is 756. The molecule has 1 amide bonds. The Kier molecular flexibility index (Phi) is 4.35. The summed E-state index contributed by atoms with van der Waals surface area (Å²) in [5.41, 5.74) is -1.18. The zero-order valence-electron chi connectivity index (χ0n) is 11.9. The molecule has 0 fully saturated rings. The Morgan fingerprint density at radius 3 is 1.61 bits per heavy atom. The van der Waals surface area contributed by atoms with Crippen molar-refractivity contribution in [2.24, 2.45) is 0 Å². The van der Waals surface area contributed by atoms with Crippen LogP contribution in [0.3, 0.4) is 0 Å². The third-order valence-corrected chi connectivity index (χ3v) is 3.04. The average molecular weight is 333 g/mol. The molecule has 0 aliphatic carbocycles. The van der Waals surface area contributed by atoms with Crippen molar-refractivity contribution in [2.75, 3.05) is 5.12 Å². The van der Waals surface area contributed by atoms with Gasteiger partial charge in [0.2, 0.25) is 5.82 Å². The number of halogens is 6. The van der Waals surface area contributed by atoms with E-state index in [2.05, 4.69) is 0 Å². The van der Waals surface area contributed by atoms with E-state index in [1.54, 1.807) is 19.9 Å². The maximum atomic E-state index is 14.1. The standard InChI is InChI=1S/C15H9F6NO/c1-6-3-7(2)5-8(4-6)22(21)15(23)9-10(16)12(18)14(20)13(19)11(9)17/h3-5H,1-2H3. The van der Waals surface area contributed by atoms with Crippen molar-refractivity contribution in [3.8, 4) is 0 Å². The Labute approximate surface area is 126 Å². The van der Waals surface area contributed by atoms with E-state index in [4.69, 9.17) is 0 Å². The second-order valence-corrected chi connectivity index (χ2v) is 4.88. The maximum Gasteiger partial charge on any atom is 0.292 e. The molecule has 0 radical (unpaired) electrons. The number of rotatable bonds is 2. The van der Waals surface area contributed by atoms with Crippen molar-refractivity contribution in [3.05, 3.63) is 64.0 Å². The molecule has 0 bridgehead atoms. The number of anilines is 1. The minimum atomic E-state index is -2.42. The van der Waals surface area contributed by atoms with Gasteiger partial charge < -0.3 is 0 Å². The molecule has 0 unspecified atom stereocenters. The molecular weight excluding hydrogens is 324 g/mol. The highest BCUT2D eigenvalue weighted by Crippen LogP contribution is 2.27. The molecule has 8 heteroatoms. The lowest BCUT2D eigenvalue weighted by molar-refractivity contribution is 0.0919. The summed E-state index contributed by atoms with van der Waals surface area (Å²) in [5.74, 6) is -13.8. The van der Waals surface area contributed by atoms with Crippen molar-refractivity contribution in [3.63, 3.8) is 0 Å². The quantitative estimate of drug-likeness (QED) is 0.342. The van der Waals surface area contributed by atoms with Crippen LogP contribution in [-0.4, -0.2) is 5.91 Å².